The van der Waals surface area contributed by atoms with Crippen LogP contribution in [0, 0.1) is 18.8 Å². The van der Waals surface area contributed by atoms with Crippen LogP contribution in [0.5, 0.6) is 0 Å². The van der Waals surface area contributed by atoms with Crippen LogP contribution in [-0.2, 0) is 4.79 Å². The number of fused-ring (bicyclic) bond motifs is 1. The largest absolute Gasteiger partial charge is 0.481 e. The van der Waals surface area contributed by atoms with E-state index in [1.165, 1.54) is 0 Å². The standard InChI is InChI=1S/C28H36Cl2N6O2/c1-16(12-26(37)38)23-6-5-10-35(23)24-9-11-34(15-17(24)2)25-14-31-27-18(3)33-36(28(27)32-25)19(4)21-8-7-20(29)13-22(21)30/h7-8,13-14,16-17,19,23-24H,5-6,9-12,15H2,1-4H3,(H,37,38). The minimum absolute atomic E-state index is 0.134. The Morgan fingerprint density at radius 3 is 2.71 bits per heavy atom. The quantitative estimate of drug-likeness (QED) is 0.389. The van der Waals surface area contributed by atoms with Gasteiger partial charge >= 0.3 is 5.97 Å². The number of aromatic nitrogens is 4. The van der Waals surface area contributed by atoms with E-state index in [9.17, 15) is 9.90 Å². The summed E-state index contributed by atoms with van der Waals surface area (Å²) < 4.78 is 1.91. The number of carboxylic acids is 1. The molecule has 0 amide bonds. The van der Waals surface area contributed by atoms with Crippen LogP contribution in [0.15, 0.2) is 24.4 Å². The van der Waals surface area contributed by atoms with Gasteiger partial charge in [0.1, 0.15) is 11.3 Å². The number of benzene rings is 1. The minimum Gasteiger partial charge on any atom is -0.481 e. The Labute approximate surface area is 233 Å². The number of halogens is 2. The summed E-state index contributed by atoms with van der Waals surface area (Å²) in [6, 6.07) is 6.19. The number of likely N-dealkylation sites (tertiary alicyclic amines) is 1. The third kappa shape index (κ3) is 5.23. The number of aliphatic carboxylic acids is 1. The van der Waals surface area contributed by atoms with Gasteiger partial charge in [-0.05, 0) is 69.2 Å². The average molecular weight is 560 g/mol. The van der Waals surface area contributed by atoms with Gasteiger partial charge in [0.2, 0.25) is 0 Å². The Morgan fingerprint density at radius 2 is 2.00 bits per heavy atom. The van der Waals surface area contributed by atoms with Gasteiger partial charge in [0.25, 0.3) is 0 Å². The highest BCUT2D eigenvalue weighted by Gasteiger charge is 2.39. The lowest BCUT2D eigenvalue weighted by Gasteiger charge is -2.44. The van der Waals surface area contributed by atoms with Crippen molar-refractivity contribution in [2.24, 2.45) is 11.8 Å². The van der Waals surface area contributed by atoms with Gasteiger partial charge in [-0.15, -0.1) is 0 Å². The summed E-state index contributed by atoms with van der Waals surface area (Å²) in [7, 11) is 0. The first-order chi connectivity index (χ1) is 18.1. The van der Waals surface area contributed by atoms with Gasteiger partial charge in [-0.2, -0.15) is 5.10 Å². The van der Waals surface area contributed by atoms with Crippen LogP contribution < -0.4 is 4.90 Å². The van der Waals surface area contributed by atoms with E-state index in [0.717, 1.165) is 67.1 Å². The molecule has 2 fully saturated rings. The second-order valence-corrected chi connectivity index (χ2v) is 11.9. The minimum atomic E-state index is -0.705. The van der Waals surface area contributed by atoms with Gasteiger partial charge in [0.15, 0.2) is 5.65 Å². The van der Waals surface area contributed by atoms with Crippen molar-refractivity contribution in [2.45, 2.75) is 71.5 Å². The van der Waals surface area contributed by atoms with E-state index < -0.39 is 5.97 Å². The van der Waals surface area contributed by atoms with Crippen molar-refractivity contribution in [3.05, 3.63) is 45.7 Å². The van der Waals surface area contributed by atoms with E-state index >= 15 is 0 Å². The highest BCUT2D eigenvalue weighted by atomic mass is 35.5. The topological polar surface area (TPSA) is 87.4 Å². The highest BCUT2D eigenvalue weighted by Crippen LogP contribution is 2.35. The van der Waals surface area contributed by atoms with Crippen LogP contribution in [0.25, 0.3) is 11.2 Å². The number of anilines is 1. The molecule has 0 saturated carbocycles. The molecule has 2 saturated heterocycles. The number of nitrogens with zero attached hydrogens (tertiary/aromatic N) is 6. The normalized spacial score (nSPS) is 24.2. The molecule has 0 radical (unpaired) electrons. The van der Waals surface area contributed by atoms with E-state index in [1.54, 1.807) is 6.07 Å². The number of piperidine rings is 1. The predicted molar refractivity (Wildman–Crippen MR) is 151 cm³/mol. The molecule has 204 valence electrons. The van der Waals surface area contributed by atoms with E-state index in [4.69, 9.17) is 38.3 Å². The number of rotatable bonds is 7. The number of carbonyl (C=O) groups is 1. The van der Waals surface area contributed by atoms with Crippen LogP contribution in [0.1, 0.15) is 63.8 Å². The molecule has 38 heavy (non-hydrogen) atoms. The molecule has 0 spiro atoms. The van der Waals surface area contributed by atoms with Crippen LogP contribution >= 0.6 is 23.2 Å². The van der Waals surface area contributed by atoms with Crippen LogP contribution in [0.3, 0.4) is 0 Å². The highest BCUT2D eigenvalue weighted by molar-refractivity contribution is 6.35. The molecule has 5 unspecified atom stereocenters. The Bertz CT molecular complexity index is 1330. The van der Waals surface area contributed by atoms with Crippen LogP contribution in [0.2, 0.25) is 10.0 Å². The molecule has 3 aromatic rings. The molecule has 0 bridgehead atoms. The summed E-state index contributed by atoms with van der Waals surface area (Å²) in [6.07, 6.45) is 5.34. The molecule has 5 rings (SSSR count). The molecule has 2 aliphatic rings. The Kier molecular flexibility index (Phi) is 7.85. The predicted octanol–water partition coefficient (Wildman–Crippen LogP) is 5.84. The van der Waals surface area contributed by atoms with Crippen molar-refractivity contribution in [3.8, 4) is 0 Å². The summed E-state index contributed by atoms with van der Waals surface area (Å²) in [5.41, 5.74) is 3.30. The lowest BCUT2D eigenvalue weighted by molar-refractivity contribution is -0.138. The summed E-state index contributed by atoms with van der Waals surface area (Å²) in [5, 5.41) is 15.3. The molecule has 1 N–H and O–H groups in total. The second-order valence-electron chi connectivity index (χ2n) is 11.1. The lowest BCUT2D eigenvalue weighted by atomic mass is 9.89. The summed E-state index contributed by atoms with van der Waals surface area (Å²) >= 11 is 12.6. The fourth-order valence-corrected chi connectivity index (χ4v) is 7.09. The summed E-state index contributed by atoms with van der Waals surface area (Å²) in [5.74, 6) is 0.740. The molecule has 8 nitrogen and oxygen atoms in total. The van der Waals surface area contributed by atoms with E-state index in [0.29, 0.717) is 28.0 Å². The molecule has 10 heteroatoms. The first kappa shape index (κ1) is 27.2. The van der Waals surface area contributed by atoms with Crippen molar-refractivity contribution in [1.29, 1.82) is 0 Å². The smallest absolute Gasteiger partial charge is 0.303 e. The number of hydrogen-bond donors (Lipinski definition) is 1. The van der Waals surface area contributed by atoms with Gasteiger partial charge < -0.3 is 10.0 Å². The lowest BCUT2D eigenvalue weighted by Crippen LogP contribution is -2.53. The number of hydrogen-bond acceptors (Lipinski definition) is 6. The SMILES string of the molecule is Cc1nn(C(C)c2ccc(Cl)cc2Cl)c2nc(N3CCC(N4CCCC4C(C)CC(=O)O)C(C)C3)cnc12. The molecule has 2 aliphatic heterocycles. The number of aryl methyl sites for hydroxylation is 1. The Morgan fingerprint density at radius 1 is 1.21 bits per heavy atom. The van der Waals surface area contributed by atoms with E-state index in [2.05, 4.69) is 30.6 Å². The van der Waals surface area contributed by atoms with Crippen LogP contribution in [0.4, 0.5) is 5.82 Å². The third-order valence-corrected chi connectivity index (χ3v) is 9.01. The van der Waals surface area contributed by atoms with Gasteiger partial charge in [-0.25, -0.2) is 14.6 Å². The maximum Gasteiger partial charge on any atom is 0.303 e. The third-order valence-electron chi connectivity index (χ3n) is 8.44. The summed E-state index contributed by atoms with van der Waals surface area (Å²) in [6.45, 7) is 11.2. The molecule has 4 heterocycles. The first-order valence-electron chi connectivity index (χ1n) is 13.5. The molecule has 2 aromatic heterocycles. The van der Waals surface area contributed by atoms with E-state index in [1.807, 2.05) is 29.9 Å². The molecule has 1 aromatic carbocycles. The van der Waals surface area contributed by atoms with Gasteiger partial charge in [0.05, 0.1) is 17.9 Å². The maximum absolute atomic E-state index is 11.3. The Hall–Kier alpha value is -2.42. The fraction of sp³-hybridized carbons (Fsp3) is 0.571. The zero-order valence-electron chi connectivity index (χ0n) is 22.4. The molecule has 0 aliphatic carbocycles. The number of carboxylic acid groups (broad SMARTS) is 1. The van der Waals surface area contributed by atoms with Gasteiger partial charge in [-0.1, -0.05) is 43.1 Å². The average Bonchev–Trinajstić information content (AvgIpc) is 3.48. The van der Waals surface area contributed by atoms with Gasteiger partial charge in [0, 0.05) is 41.6 Å². The fourth-order valence-electron chi connectivity index (χ4n) is 6.52. The Balaban J connectivity index is 1.36. The zero-order chi connectivity index (χ0) is 27.1. The van der Waals surface area contributed by atoms with Crippen LogP contribution in [-0.4, -0.2) is 67.4 Å². The summed E-state index contributed by atoms with van der Waals surface area (Å²) in [4.78, 5) is 26.1. The van der Waals surface area contributed by atoms with Crippen molar-refractivity contribution in [1.82, 2.24) is 24.6 Å². The molecular weight excluding hydrogens is 523 g/mol. The maximum atomic E-state index is 11.3. The monoisotopic (exact) mass is 558 g/mol. The van der Waals surface area contributed by atoms with Crippen molar-refractivity contribution in [3.63, 3.8) is 0 Å². The van der Waals surface area contributed by atoms with Crippen molar-refractivity contribution < 1.29 is 9.90 Å². The first-order valence-corrected chi connectivity index (χ1v) is 14.3. The second kappa shape index (κ2) is 11.0. The van der Waals surface area contributed by atoms with Crippen molar-refractivity contribution >= 4 is 46.2 Å². The van der Waals surface area contributed by atoms with Gasteiger partial charge in [-0.3, -0.25) is 9.69 Å². The van der Waals surface area contributed by atoms with Crippen molar-refractivity contribution in [2.75, 3.05) is 24.5 Å². The molecule has 5 atom stereocenters. The van der Waals surface area contributed by atoms with E-state index in [-0.39, 0.29) is 18.4 Å². The molecular formula is C28H36Cl2N6O2. The zero-order valence-corrected chi connectivity index (χ0v) is 24.0.